The minimum absolute atomic E-state index is 0.0134. The van der Waals surface area contributed by atoms with Gasteiger partial charge in [-0.25, -0.2) is 0 Å². The molecule has 3 fully saturated rings. The molecule has 2 N–H and O–H groups in total. The lowest BCUT2D eigenvalue weighted by molar-refractivity contribution is -0.140. The van der Waals surface area contributed by atoms with E-state index in [4.69, 9.17) is 0 Å². The summed E-state index contributed by atoms with van der Waals surface area (Å²) in [5.74, 6) is 1.13. The Morgan fingerprint density at radius 2 is 1.89 bits per heavy atom. The summed E-state index contributed by atoms with van der Waals surface area (Å²) in [4.78, 5) is 14.8. The molecule has 2 heterocycles. The molecule has 3 atom stereocenters. The molecule has 102 valence electrons. The molecule has 1 amide bonds. The first kappa shape index (κ1) is 12.4. The lowest BCUT2D eigenvalue weighted by Crippen LogP contribution is -2.60. The van der Waals surface area contributed by atoms with Crippen molar-refractivity contribution in [2.75, 3.05) is 26.2 Å². The van der Waals surface area contributed by atoms with Crippen molar-refractivity contribution in [1.29, 1.82) is 0 Å². The third-order valence-electron chi connectivity index (χ3n) is 4.87. The van der Waals surface area contributed by atoms with Gasteiger partial charge in [0.05, 0.1) is 6.04 Å². The molecule has 2 saturated heterocycles. The highest BCUT2D eigenvalue weighted by Crippen LogP contribution is 2.35. The maximum atomic E-state index is 12.6. The molecule has 4 nitrogen and oxygen atoms in total. The summed E-state index contributed by atoms with van der Waals surface area (Å²) < 4.78 is 0. The SMILES string of the molecule is O=C(C1CNCCN1)N1CCC[C@H]2CCCC[C@H]21. The second-order valence-electron chi connectivity index (χ2n) is 6.00. The van der Waals surface area contributed by atoms with E-state index in [9.17, 15) is 4.79 Å². The zero-order valence-electron chi connectivity index (χ0n) is 11.2. The number of rotatable bonds is 1. The van der Waals surface area contributed by atoms with Crippen LogP contribution in [0.5, 0.6) is 0 Å². The molecule has 1 saturated carbocycles. The Kier molecular flexibility index (Phi) is 3.85. The number of nitrogens with one attached hydrogen (secondary N) is 2. The van der Waals surface area contributed by atoms with Crippen LogP contribution in [-0.4, -0.2) is 49.1 Å². The van der Waals surface area contributed by atoms with E-state index in [0.717, 1.165) is 32.1 Å². The smallest absolute Gasteiger partial charge is 0.241 e. The minimum atomic E-state index is 0.0134. The van der Waals surface area contributed by atoms with Gasteiger partial charge in [-0.2, -0.15) is 0 Å². The van der Waals surface area contributed by atoms with Crippen LogP contribution >= 0.6 is 0 Å². The number of carbonyl (C=O) groups is 1. The molecule has 3 aliphatic rings. The van der Waals surface area contributed by atoms with Crippen molar-refractivity contribution in [2.45, 2.75) is 50.6 Å². The first-order valence-corrected chi connectivity index (χ1v) is 7.61. The van der Waals surface area contributed by atoms with Crippen molar-refractivity contribution >= 4 is 5.91 Å². The monoisotopic (exact) mass is 251 g/mol. The molecule has 18 heavy (non-hydrogen) atoms. The molecule has 0 aromatic carbocycles. The van der Waals surface area contributed by atoms with Crippen LogP contribution in [0.4, 0.5) is 0 Å². The lowest BCUT2D eigenvalue weighted by atomic mass is 9.78. The molecule has 4 heteroatoms. The maximum absolute atomic E-state index is 12.6. The van der Waals surface area contributed by atoms with Gasteiger partial charge in [0.2, 0.25) is 5.91 Å². The van der Waals surface area contributed by atoms with E-state index in [1.165, 1.54) is 38.5 Å². The molecule has 3 rings (SSSR count). The topological polar surface area (TPSA) is 44.4 Å². The molecular formula is C14H25N3O. The third kappa shape index (κ3) is 2.41. The van der Waals surface area contributed by atoms with Gasteiger partial charge in [-0.05, 0) is 31.6 Å². The molecule has 0 spiro atoms. The lowest BCUT2D eigenvalue weighted by Gasteiger charge is -2.45. The van der Waals surface area contributed by atoms with Gasteiger partial charge in [0.25, 0.3) is 0 Å². The van der Waals surface area contributed by atoms with Gasteiger partial charge < -0.3 is 15.5 Å². The van der Waals surface area contributed by atoms with E-state index in [1.54, 1.807) is 0 Å². The number of carbonyl (C=O) groups excluding carboxylic acids is 1. The Bertz CT molecular complexity index is 299. The van der Waals surface area contributed by atoms with Crippen LogP contribution in [0.2, 0.25) is 0 Å². The number of nitrogens with zero attached hydrogens (tertiary/aromatic N) is 1. The quantitative estimate of drug-likeness (QED) is 0.722. The largest absolute Gasteiger partial charge is 0.338 e. The highest BCUT2D eigenvalue weighted by molar-refractivity contribution is 5.82. The first-order valence-electron chi connectivity index (χ1n) is 7.61. The predicted octanol–water partition coefficient (Wildman–Crippen LogP) is 0.729. The van der Waals surface area contributed by atoms with Crippen molar-refractivity contribution < 1.29 is 4.79 Å². The second kappa shape index (κ2) is 5.57. The number of piperazine rings is 1. The number of hydrogen-bond donors (Lipinski definition) is 2. The summed E-state index contributed by atoms with van der Waals surface area (Å²) in [6.45, 7) is 3.68. The fourth-order valence-corrected chi connectivity index (χ4v) is 3.93. The highest BCUT2D eigenvalue weighted by atomic mass is 16.2. The second-order valence-corrected chi connectivity index (χ2v) is 6.00. The van der Waals surface area contributed by atoms with Gasteiger partial charge in [-0.1, -0.05) is 12.8 Å². The molecule has 0 radical (unpaired) electrons. The maximum Gasteiger partial charge on any atom is 0.241 e. The Hall–Kier alpha value is -0.610. The van der Waals surface area contributed by atoms with Crippen molar-refractivity contribution in [3.8, 4) is 0 Å². The van der Waals surface area contributed by atoms with E-state index >= 15 is 0 Å². The molecule has 0 aromatic heterocycles. The van der Waals surface area contributed by atoms with Crippen LogP contribution in [0.25, 0.3) is 0 Å². The summed E-state index contributed by atoms with van der Waals surface area (Å²) in [6.07, 6.45) is 7.78. The van der Waals surface area contributed by atoms with Crippen LogP contribution in [-0.2, 0) is 4.79 Å². The highest BCUT2D eigenvalue weighted by Gasteiger charge is 2.38. The summed E-state index contributed by atoms with van der Waals surface area (Å²) in [7, 11) is 0. The van der Waals surface area contributed by atoms with Gasteiger partial charge in [0.1, 0.15) is 0 Å². The van der Waals surface area contributed by atoms with E-state index in [1.807, 2.05) is 0 Å². The van der Waals surface area contributed by atoms with Gasteiger partial charge in [0, 0.05) is 32.2 Å². The number of likely N-dealkylation sites (tertiary alicyclic amines) is 1. The van der Waals surface area contributed by atoms with E-state index in [-0.39, 0.29) is 6.04 Å². The van der Waals surface area contributed by atoms with E-state index in [2.05, 4.69) is 15.5 Å². The molecular weight excluding hydrogens is 226 g/mol. The first-order chi connectivity index (χ1) is 8.86. The zero-order chi connectivity index (χ0) is 12.4. The van der Waals surface area contributed by atoms with Crippen molar-refractivity contribution in [3.63, 3.8) is 0 Å². The van der Waals surface area contributed by atoms with Gasteiger partial charge in [0.15, 0.2) is 0 Å². The Morgan fingerprint density at radius 3 is 2.72 bits per heavy atom. The van der Waals surface area contributed by atoms with Crippen molar-refractivity contribution in [1.82, 2.24) is 15.5 Å². The number of hydrogen-bond acceptors (Lipinski definition) is 3. The third-order valence-corrected chi connectivity index (χ3v) is 4.87. The number of fused-ring (bicyclic) bond motifs is 1. The molecule has 1 aliphatic carbocycles. The van der Waals surface area contributed by atoms with Crippen molar-refractivity contribution in [3.05, 3.63) is 0 Å². The number of piperidine rings is 1. The number of amides is 1. The zero-order valence-corrected chi connectivity index (χ0v) is 11.2. The fourth-order valence-electron chi connectivity index (χ4n) is 3.93. The average molecular weight is 251 g/mol. The van der Waals surface area contributed by atoms with Crippen molar-refractivity contribution in [2.24, 2.45) is 5.92 Å². The Balaban J connectivity index is 1.67. The predicted molar refractivity (Wildman–Crippen MR) is 71.4 cm³/mol. The average Bonchev–Trinajstić information content (AvgIpc) is 2.47. The summed E-state index contributed by atoms with van der Waals surface area (Å²) in [5, 5.41) is 6.67. The van der Waals surface area contributed by atoms with E-state index in [0.29, 0.717) is 11.9 Å². The molecule has 2 aliphatic heterocycles. The molecule has 0 aromatic rings. The van der Waals surface area contributed by atoms with Crippen LogP contribution in [0.3, 0.4) is 0 Å². The molecule has 1 unspecified atom stereocenters. The fraction of sp³-hybridized carbons (Fsp3) is 0.929. The summed E-state index contributed by atoms with van der Waals surface area (Å²) in [6, 6.07) is 0.558. The Labute approximate surface area is 109 Å². The minimum Gasteiger partial charge on any atom is -0.338 e. The standard InChI is InChI=1S/C14H25N3O/c18-14(12-10-15-7-8-16-12)17-9-3-5-11-4-1-2-6-13(11)17/h11-13,15-16H,1-10H2/t11-,12?,13-/m1/s1. The van der Waals surface area contributed by atoms with Crippen LogP contribution in [0.1, 0.15) is 38.5 Å². The van der Waals surface area contributed by atoms with Crippen LogP contribution < -0.4 is 10.6 Å². The van der Waals surface area contributed by atoms with Gasteiger partial charge in [-0.15, -0.1) is 0 Å². The molecule has 0 bridgehead atoms. The van der Waals surface area contributed by atoms with E-state index < -0.39 is 0 Å². The normalized spacial score (nSPS) is 37.1. The summed E-state index contributed by atoms with van der Waals surface area (Å²) >= 11 is 0. The van der Waals surface area contributed by atoms with Gasteiger partial charge >= 0.3 is 0 Å². The van der Waals surface area contributed by atoms with Gasteiger partial charge in [-0.3, -0.25) is 4.79 Å². The van der Waals surface area contributed by atoms with Crippen LogP contribution in [0.15, 0.2) is 0 Å². The van der Waals surface area contributed by atoms with Crippen LogP contribution in [0, 0.1) is 5.92 Å². The Morgan fingerprint density at radius 1 is 1.06 bits per heavy atom. The summed E-state index contributed by atoms with van der Waals surface area (Å²) in [5.41, 5.74) is 0.